The molecule has 58 heavy (non-hydrogen) atoms. The van der Waals surface area contributed by atoms with Gasteiger partial charge < -0.3 is 19.5 Å². The Morgan fingerprint density at radius 1 is 0.948 bits per heavy atom. The maximum absolute atomic E-state index is 13.9. The molecule has 4 aromatic rings. The summed E-state index contributed by atoms with van der Waals surface area (Å²) in [7, 11) is 0. The number of pyridine rings is 1. The lowest BCUT2D eigenvalue weighted by atomic mass is 10.0. The van der Waals surface area contributed by atoms with Crippen LogP contribution in [0.25, 0.3) is 17.5 Å². The Bertz CT molecular complexity index is 2260. The zero-order chi connectivity index (χ0) is 40.2. The first-order valence-electron chi connectivity index (χ1n) is 19.3. The van der Waals surface area contributed by atoms with Crippen molar-refractivity contribution < 1.29 is 33.1 Å². The number of carbonyl (C=O) groups is 4. The lowest BCUT2D eigenvalue weighted by molar-refractivity contribution is -0.136. The number of amidine groups is 1. The predicted octanol–water partition coefficient (Wildman–Crippen LogP) is 3.98. The number of amides is 4. The first-order valence-corrected chi connectivity index (χ1v) is 19.3. The van der Waals surface area contributed by atoms with Gasteiger partial charge in [0, 0.05) is 32.6 Å². The van der Waals surface area contributed by atoms with E-state index in [1.807, 2.05) is 29.2 Å². The van der Waals surface area contributed by atoms with Crippen LogP contribution >= 0.6 is 0 Å². The monoisotopic (exact) mass is 790 g/mol. The highest BCUT2D eigenvalue weighted by Gasteiger charge is 2.44. The fourth-order valence-electron chi connectivity index (χ4n) is 7.75. The van der Waals surface area contributed by atoms with Crippen molar-refractivity contribution in [2.75, 3.05) is 63.0 Å². The molecule has 8 rings (SSSR count). The minimum Gasteiger partial charge on any atom is -0.378 e. The van der Waals surface area contributed by atoms with Gasteiger partial charge in [-0.25, -0.2) is 14.4 Å². The van der Waals surface area contributed by atoms with Crippen LogP contribution in [0, 0.1) is 11.2 Å². The topological polar surface area (TPSA) is 189 Å². The Hall–Kier alpha value is -6.30. The molecule has 0 spiro atoms. The Labute approximate surface area is 333 Å². The Kier molecular flexibility index (Phi) is 11.3. The van der Waals surface area contributed by atoms with Crippen molar-refractivity contribution in [1.29, 1.82) is 5.41 Å². The number of halogens is 1. The fourth-order valence-corrected chi connectivity index (χ4v) is 7.75. The molecule has 4 amide bonds. The summed E-state index contributed by atoms with van der Waals surface area (Å²) in [6.07, 6.45) is 7.21. The number of carbonyl (C=O) groups excluding carboxylic acids is 4. The number of likely N-dealkylation sites (tertiary alicyclic amines) is 1. The number of piperidine rings is 1. The van der Waals surface area contributed by atoms with Crippen molar-refractivity contribution in [2.45, 2.75) is 37.8 Å². The summed E-state index contributed by atoms with van der Waals surface area (Å²) in [5.74, 6) is -0.674. The summed E-state index contributed by atoms with van der Waals surface area (Å²) in [4.78, 5) is 75.4. The minimum absolute atomic E-state index is 0.0246. The van der Waals surface area contributed by atoms with Gasteiger partial charge in [0.25, 0.3) is 11.8 Å². The summed E-state index contributed by atoms with van der Waals surface area (Å²) >= 11 is 0. The molecule has 4 aliphatic heterocycles. The molecule has 0 aliphatic carbocycles. The van der Waals surface area contributed by atoms with E-state index in [4.69, 9.17) is 20.0 Å². The highest BCUT2D eigenvalue weighted by molar-refractivity contribution is 6.23. The van der Waals surface area contributed by atoms with Crippen LogP contribution in [0.1, 0.15) is 63.8 Å². The van der Waals surface area contributed by atoms with Gasteiger partial charge in [0.1, 0.15) is 29.3 Å². The number of aromatic nitrogens is 3. The Morgan fingerprint density at radius 2 is 1.81 bits per heavy atom. The van der Waals surface area contributed by atoms with Gasteiger partial charge in [-0.1, -0.05) is 18.2 Å². The van der Waals surface area contributed by atoms with Gasteiger partial charge in [0.15, 0.2) is 0 Å². The van der Waals surface area contributed by atoms with Crippen LogP contribution in [-0.2, 0) is 19.2 Å². The summed E-state index contributed by atoms with van der Waals surface area (Å²) in [6, 6.07) is 16.1. The lowest BCUT2D eigenvalue weighted by Gasteiger charge is -2.27. The van der Waals surface area contributed by atoms with Crippen molar-refractivity contribution in [1.82, 2.24) is 35.0 Å². The number of hydrogen-bond acceptors (Lipinski definition) is 12. The molecule has 2 aromatic heterocycles. The number of hydrogen-bond donors (Lipinski definition) is 4. The van der Waals surface area contributed by atoms with Crippen LogP contribution in [-0.4, -0.2) is 118 Å². The van der Waals surface area contributed by atoms with E-state index in [0.717, 1.165) is 66.7 Å². The summed E-state index contributed by atoms with van der Waals surface area (Å²) in [5.41, 5.74) is 6.02. The van der Waals surface area contributed by atoms with Crippen molar-refractivity contribution >= 4 is 47.0 Å². The second-order valence-electron chi connectivity index (χ2n) is 14.5. The number of aromatic amines is 1. The molecule has 2 aromatic carbocycles. The molecule has 6 heterocycles. The average molecular weight is 791 g/mol. The van der Waals surface area contributed by atoms with Crippen molar-refractivity contribution in [3.63, 3.8) is 0 Å². The van der Waals surface area contributed by atoms with E-state index in [1.165, 1.54) is 18.2 Å². The maximum Gasteiger partial charge on any atom is 0.262 e. The van der Waals surface area contributed by atoms with Gasteiger partial charge in [-0.15, -0.1) is 0 Å². The second-order valence-corrected chi connectivity index (χ2v) is 14.5. The molecular weight excluding hydrogens is 748 g/mol. The molecule has 0 saturated carbocycles. The number of ether oxygens (including phenoxy) is 1. The van der Waals surface area contributed by atoms with E-state index in [0.29, 0.717) is 37.2 Å². The smallest absolute Gasteiger partial charge is 0.262 e. The quantitative estimate of drug-likeness (QED) is 0.0474. The highest BCUT2D eigenvalue weighted by Crippen LogP contribution is 2.33. The molecule has 17 heteroatoms. The van der Waals surface area contributed by atoms with Gasteiger partial charge in [0.2, 0.25) is 11.8 Å². The largest absolute Gasteiger partial charge is 0.378 e. The molecule has 0 radical (unpaired) electrons. The number of benzene rings is 2. The van der Waals surface area contributed by atoms with Gasteiger partial charge in [-0.2, -0.15) is 0 Å². The Morgan fingerprint density at radius 3 is 2.67 bits per heavy atom. The minimum atomic E-state index is -1.02. The fraction of sp³-hybridized carbons (Fsp3) is 0.341. The van der Waals surface area contributed by atoms with Crippen molar-refractivity contribution in [2.24, 2.45) is 0 Å². The van der Waals surface area contributed by atoms with Gasteiger partial charge in [-0.05, 0) is 79.4 Å². The zero-order valence-corrected chi connectivity index (χ0v) is 31.7. The first-order chi connectivity index (χ1) is 28.2. The summed E-state index contributed by atoms with van der Waals surface area (Å²) in [6.45, 7) is 4.90. The third-order valence-corrected chi connectivity index (χ3v) is 10.7. The normalized spacial score (nSPS) is 19.8. The van der Waals surface area contributed by atoms with Crippen LogP contribution in [0.5, 0.6) is 0 Å². The summed E-state index contributed by atoms with van der Waals surface area (Å²) in [5, 5.41) is 10.9. The van der Waals surface area contributed by atoms with E-state index in [2.05, 4.69) is 30.6 Å². The maximum atomic E-state index is 13.9. The van der Waals surface area contributed by atoms with E-state index in [1.54, 1.807) is 36.5 Å². The van der Waals surface area contributed by atoms with Gasteiger partial charge >= 0.3 is 0 Å². The molecule has 300 valence electrons. The Balaban J connectivity index is 0.753. The standard InChI is InChI=1S/C41H43FN10O6/c42-27-5-1-4-26(22-27)33-7-3-15-51(33)35(43)12-13-36-44-24-32(45-36)31-6-2-8-37(46-31)50-17-16-49(25-50)18-19-57-20-21-58-48-28-9-10-29-30(23-28)41(56)52(40(29)55)34-11-14-38(53)47-39(34)54/h1-2,4-6,8-10,12-13,22-24,33-34,43,48H,3,7,11,14-21,25H2,(H,44,45)(H,47,53,54)/b13-12-,43-35?. The van der Waals surface area contributed by atoms with E-state index >= 15 is 0 Å². The van der Waals surface area contributed by atoms with Gasteiger partial charge in [-0.3, -0.25) is 50.0 Å². The van der Waals surface area contributed by atoms with E-state index in [-0.39, 0.29) is 42.4 Å². The number of H-pyrrole nitrogens is 1. The molecule has 3 fully saturated rings. The van der Waals surface area contributed by atoms with Crippen LogP contribution in [0.15, 0.2) is 72.9 Å². The number of imidazole rings is 1. The number of nitrogens with one attached hydrogen (secondary N) is 4. The van der Waals surface area contributed by atoms with Crippen LogP contribution < -0.4 is 15.7 Å². The van der Waals surface area contributed by atoms with Crippen LogP contribution in [0.2, 0.25) is 0 Å². The number of imide groups is 2. The molecule has 0 bridgehead atoms. The number of fused-ring (bicyclic) bond motifs is 1. The number of rotatable bonds is 14. The molecule has 2 atom stereocenters. The predicted molar refractivity (Wildman–Crippen MR) is 211 cm³/mol. The third kappa shape index (κ3) is 8.37. The summed E-state index contributed by atoms with van der Waals surface area (Å²) < 4.78 is 19.7. The first kappa shape index (κ1) is 38.6. The molecule has 16 nitrogen and oxygen atoms in total. The molecular formula is C41H43FN10O6. The molecule has 4 aliphatic rings. The molecule has 2 unspecified atom stereocenters. The SMILES string of the molecule is N=C(/C=C\c1ncc(-c2cccc(N3CCN(CCOCCONc4ccc5c(c4)C(=O)N(C4CCC(=O)NC4=O)C5=O)C3)n2)[nH]1)N1CCCC1c1cccc(F)c1. The molecule has 4 N–H and O–H groups in total. The number of anilines is 2. The average Bonchev–Trinajstić information content (AvgIpc) is 4.05. The van der Waals surface area contributed by atoms with E-state index in [9.17, 15) is 23.6 Å². The highest BCUT2D eigenvalue weighted by atomic mass is 19.1. The number of nitrogens with zero attached hydrogens (tertiary/aromatic N) is 6. The van der Waals surface area contributed by atoms with Crippen LogP contribution in [0.4, 0.5) is 15.9 Å². The molecule has 3 saturated heterocycles. The van der Waals surface area contributed by atoms with E-state index < -0.39 is 29.7 Å². The van der Waals surface area contributed by atoms with Crippen molar-refractivity contribution in [3.05, 3.63) is 101 Å². The van der Waals surface area contributed by atoms with Crippen LogP contribution in [0.3, 0.4) is 0 Å². The third-order valence-electron chi connectivity index (χ3n) is 10.7. The zero-order valence-electron chi connectivity index (χ0n) is 31.7. The van der Waals surface area contributed by atoms with Gasteiger partial charge in [0.05, 0.1) is 66.9 Å². The second kappa shape index (κ2) is 17.1. The van der Waals surface area contributed by atoms with Crippen molar-refractivity contribution in [3.8, 4) is 11.4 Å². The lowest BCUT2D eigenvalue weighted by Crippen LogP contribution is -2.54.